The topological polar surface area (TPSA) is 46.5 Å². The van der Waals surface area contributed by atoms with Gasteiger partial charge in [-0.2, -0.15) is 0 Å². The second-order valence-corrected chi connectivity index (χ2v) is 5.39. The number of carbonyl (C=O) groups excluding carboxylic acids is 1. The van der Waals surface area contributed by atoms with Crippen molar-refractivity contribution >= 4 is 5.97 Å². The van der Waals surface area contributed by atoms with Gasteiger partial charge in [0.25, 0.3) is 0 Å². The van der Waals surface area contributed by atoms with Gasteiger partial charge in [0.2, 0.25) is 0 Å². The summed E-state index contributed by atoms with van der Waals surface area (Å²) in [6.07, 6.45) is 0. The van der Waals surface area contributed by atoms with E-state index in [1.807, 2.05) is 34.6 Å². The highest BCUT2D eigenvalue weighted by Crippen LogP contribution is 2.40. The Hall–Kier alpha value is -1.51. The van der Waals surface area contributed by atoms with Gasteiger partial charge in [-0.05, 0) is 36.5 Å². The molecule has 0 amide bonds. The maximum Gasteiger partial charge on any atom is 0.308 e. The first-order chi connectivity index (χ1) is 7.64. The summed E-state index contributed by atoms with van der Waals surface area (Å²) in [5.74, 6) is 0.463. The SMILES string of the molecule is CC(=O)Oc1c(C)cc(O)c(C(C)(C)C)c1C. The molecule has 0 spiro atoms. The largest absolute Gasteiger partial charge is 0.508 e. The molecule has 0 heterocycles. The summed E-state index contributed by atoms with van der Waals surface area (Å²) in [6, 6.07) is 1.64. The standard InChI is InChI=1S/C14H20O3/c1-8-7-11(16)12(14(4,5)6)9(2)13(8)17-10(3)15/h7,16H,1-6H3. The predicted molar refractivity (Wildman–Crippen MR) is 67.6 cm³/mol. The summed E-state index contributed by atoms with van der Waals surface area (Å²) in [5, 5.41) is 10.0. The summed E-state index contributed by atoms with van der Waals surface area (Å²) in [5.41, 5.74) is 2.21. The number of carbonyl (C=O) groups is 1. The van der Waals surface area contributed by atoms with Crippen LogP contribution in [0.4, 0.5) is 0 Å². The molecule has 3 heteroatoms. The fourth-order valence-corrected chi connectivity index (χ4v) is 2.19. The average molecular weight is 236 g/mol. The van der Waals surface area contributed by atoms with E-state index in [1.165, 1.54) is 6.92 Å². The van der Waals surface area contributed by atoms with Crippen molar-refractivity contribution in [2.24, 2.45) is 0 Å². The summed E-state index contributed by atoms with van der Waals surface area (Å²) >= 11 is 0. The second-order valence-electron chi connectivity index (χ2n) is 5.39. The first-order valence-corrected chi connectivity index (χ1v) is 5.66. The number of hydrogen-bond donors (Lipinski definition) is 1. The molecule has 0 radical (unpaired) electrons. The normalized spacial score (nSPS) is 11.4. The molecule has 0 saturated heterocycles. The van der Waals surface area contributed by atoms with E-state index in [1.54, 1.807) is 6.07 Å². The Balaban J connectivity index is 3.48. The quantitative estimate of drug-likeness (QED) is 0.601. The zero-order valence-electron chi connectivity index (χ0n) is 11.3. The van der Waals surface area contributed by atoms with Crippen LogP contribution in [0.25, 0.3) is 0 Å². The van der Waals surface area contributed by atoms with Crippen LogP contribution >= 0.6 is 0 Å². The van der Waals surface area contributed by atoms with Gasteiger partial charge in [0.1, 0.15) is 11.5 Å². The Kier molecular flexibility index (Phi) is 3.51. The Labute approximate surface area is 102 Å². The van der Waals surface area contributed by atoms with Crippen LogP contribution in [0.5, 0.6) is 11.5 Å². The zero-order valence-corrected chi connectivity index (χ0v) is 11.3. The number of aryl methyl sites for hydroxylation is 1. The minimum Gasteiger partial charge on any atom is -0.508 e. The molecule has 0 unspecified atom stereocenters. The van der Waals surface area contributed by atoms with Crippen molar-refractivity contribution in [1.29, 1.82) is 0 Å². The molecule has 0 bridgehead atoms. The molecule has 1 N–H and O–H groups in total. The summed E-state index contributed by atoms with van der Waals surface area (Å²) < 4.78 is 5.22. The van der Waals surface area contributed by atoms with E-state index < -0.39 is 0 Å². The van der Waals surface area contributed by atoms with Gasteiger partial charge in [-0.15, -0.1) is 0 Å². The van der Waals surface area contributed by atoms with Gasteiger partial charge < -0.3 is 9.84 Å². The maximum absolute atomic E-state index is 11.1. The number of esters is 1. The molecule has 1 aromatic rings. The first kappa shape index (κ1) is 13.6. The number of rotatable bonds is 1. The van der Waals surface area contributed by atoms with Gasteiger partial charge in [-0.3, -0.25) is 4.79 Å². The zero-order chi connectivity index (χ0) is 13.4. The highest BCUT2D eigenvalue weighted by atomic mass is 16.5. The highest BCUT2D eigenvalue weighted by Gasteiger charge is 2.24. The second kappa shape index (κ2) is 4.40. The van der Waals surface area contributed by atoms with Gasteiger partial charge in [0, 0.05) is 12.5 Å². The van der Waals surface area contributed by atoms with E-state index in [0.29, 0.717) is 5.75 Å². The van der Waals surface area contributed by atoms with Crippen molar-refractivity contribution in [2.75, 3.05) is 0 Å². The van der Waals surface area contributed by atoms with E-state index in [9.17, 15) is 9.90 Å². The van der Waals surface area contributed by atoms with E-state index in [-0.39, 0.29) is 17.1 Å². The van der Waals surface area contributed by atoms with Crippen LogP contribution in [0, 0.1) is 13.8 Å². The Morgan fingerprint density at radius 1 is 1.29 bits per heavy atom. The molecule has 0 aromatic heterocycles. The number of ether oxygens (including phenoxy) is 1. The molecule has 0 saturated carbocycles. The molecule has 1 aromatic carbocycles. The van der Waals surface area contributed by atoms with Crippen molar-refractivity contribution in [3.05, 3.63) is 22.8 Å². The van der Waals surface area contributed by atoms with Crippen LogP contribution in [0.3, 0.4) is 0 Å². The van der Waals surface area contributed by atoms with Crippen molar-refractivity contribution in [3.8, 4) is 11.5 Å². The Morgan fingerprint density at radius 3 is 2.24 bits per heavy atom. The van der Waals surface area contributed by atoms with Crippen LogP contribution in [-0.2, 0) is 10.2 Å². The van der Waals surface area contributed by atoms with Gasteiger partial charge in [-0.25, -0.2) is 0 Å². The molecule has 17 heavy (non-hydrogen) atoms. The minimum atomic E-state index is -0.346. The van der Waals surface area contributed by atoms with Crippen LogP contribution in [0.1, 0.15) is 44.4 Å². The third-order valence-electron chi connectivity index (χ3n) is 2.68. The van der Waals surface area contributed by atoms with Crippen LogP contribution in [0.2, 0.25) is 0 Å². The fraction of sp³-hybridized carbons (Fsp3) is 0.500. The lowest BCUT2D eigenvalue weighted by molar-refractivity contribution is -0.132. The lowest BCUT2D eigenvalue weighted by Crippen LogP contribution is -2.15. The Bertz CT molecular complexity index is 454. The van der Waals surface area contributed by atoms with Gasteiger partial charge in [0.05, 0.1) is 0 Å². The first-order valence-electron chi connectivity index (χ1n) is 5.66. The molecule has 0 aliphatic carbocycles. The van der Waals surface area contributed by atoms with Crippen molar-refractivity contribution in [3.63, 3.8) is 0 Å². The summed E-state index contributed by atoms with van der Waals surface area (Å²) in [7, 11) is 0. The van der Waals surface area contributed by atoms with Crippen LogP contribution in [-0.4, -0.2) is 11.1 Å². The molecule has 0 aliphatic heterocycles. The monoisotopic (exact) mass is 236 g/mol. The van der Waals surface area contributed by atoms with E-state index in [4.69, 9.17) is 4.74 Å². The van der Waals surface area contributed by atoms with Gasteiger partial charge in [0.15, 0.2) is 0 Å². The molecule has 94 valence electrons. The summed E-state index contributed by atoms with van der Waals surface area (Å²) in [6.45, 7) is 11.1. The third kappa shape index (κ3) is 2.78. The lowest BCUT2D eigenvalue weighted by atomic mass is 9.82. The summed E-state index contributed by atoms with van der Waals surface area (Å²) in [4.78, 5) is 11.1. The van der Waals surface area contributed by atoms with E-state index in [0.717, 1.165) is 16.7 Å². The van der Waals surface area contributed by atoms with Gasteiger partial charge >= 0.3 is 5.97 Å². The maximum atomic E-state index is 11.1. The number of benzene rings is 1. The predicted octanol–water partition coefficient (Wildman–Crippen LogP) is 3.23. The minimum absolute atomic E-state index is 0.198. The van der Waals surface area contributed by atoms with Crippen molar-refractivity contribution in [2.45, 2.75) is 47.0 Å². The average Bonchev–Trinajstić information content (AvgIpc) is 2.08. The molecule has 3 nitrogen and oxygen atoms in total. The molecule has 0 aliphatic rings. The lowest BCUT2D eigenvalue weighted by Gasteiger charge is -2.25. The fourth-order valence-electron chi connectivity index (χ4n) is 2.19. The van der Waals surface area contributed by atoms with Crippen LogP contribution in [0.15, 0.2) is 6.07 Å². The van der Waals surface area contributed by atoms with Crippen molar-refractivity contribution < 1.29 is 14.6 Å². The third-order valence-corrected chi connectivity index (χ3v) is 2.68. The molecule has 0 atom stereocenters. The van der Waals surface area contributed by atoms with E-state index >= 15 is 0 Å². The number of aromatic hydroxyl groups is 1. The highest BCUT2D eigenvalue weighted by molar-refractivity contribution is 5.71. The smallest absolute Gasteiger partial charge is 0.308 e. The Morgan fingerprint density at radius 2 is 1.82 bits per heavy atom. The van der Waals surface area contributed by atoms with E-state index in [2.05, 4.69) is 0 Å². The van der Waals surface area contributed by atoms with Crippen LogP contribution < -0.4 is 4.74 Å². The number of phenols is 1. The molecule has 0 fully saturated rings. The number of phenolic OH excluding ortho intramolecular Hbond substituents is 1. The molecular formula is C14H20O3. The van der Waals surface area contributed by atoms with Crippen molar-refractivity contribution in [1.82, 2.24) is 0 Å². The molecule has 1 rings (SSSR count). The number of hydrogen-bond acceptors (Lipinski definition) is 3. The molecular weight excluding hydrogens is 216 g/mol. The van der Waals surface area contributed by atoms with Gasteiger partial charge in [-0.1, -0.05) is 20.8 Å².